The van der Waals surface area contributed by atoms with E-state index in [0.717, 1.165) is 39.0 Å². The van der Waals surface area contributed by atoms with Crippen LogP contribution in [-0.4, -0.2) is 37.1 Å². The van der Waals surface area contributed by atoms with Crippen molar-refractivity contribution in [3.05, 3.63) is 0 Å². The Balaban J connectivity index is 3.59. The molecule has 0 rings (SSSR count). The van der Waals surface area contributed by atoms with Crippen LogP contribution in [0.1, 0.15) is 59.3 Å². The summed E-state index contributed by atoms with van der Waals surface area (Å²) in [7, 11) is 0. The molecule has 3 nitrogen and oxygen atoms in total. The predicted octanol–water partition coefficient (Wildman–Crippen LogP) is 3.23. The first kappa shape index (κ1) is 16.4. The molecule has 102 valence electrons. The Morgan fingerprint density at radius 1 is 0.941 bits per heavy atom. The van der Waals surface area contributed by atoms with Crippen molar-refractivity contribution in [1.29, 1.82) is 0 Å². The number of amides is 1. The molecule has 0 heterocycles. The van der Waals surface area contributed by atoms with E-state index in [1.54, 1.807) is 0 Å². The maximum Gasteiger partial charge on any atom is 0.224 e. The number of carbonyl (C=O) groups is 1. The van der Waals surface area contributed by atoms with E-state index in [1.807, 2.05) is 4.90 Å². The van der Waals surface area contributed by atoms with Crippen LogP contribution in [0, 0.1) is 0 Å². The highest BCUT2D eigenvalue weighted by Gasteiger charge is 2.10. The Hall–Kier alpha value is -0.570. The van der Waals surface area contributed by atoms with Crippen molar-refractivity contribution in [2.24, 2.45) is 0 Å². The van der Waals surface area contributed by atoms with E-state index >= 15 is 0 Å². The normalized spacial score (nSPS) is 10.5. The molecule has 3 heteroatoms. The van der Waals surface area contributed by atoms with E-state index in [0.29, 0.717) is 13.0 Å². The van der Waals surface area contributed by atoms with Crippen molar-refractivity contribution >= 4 is 5.91 Å². The average Bonchev–Trinajstić information content (AvgIpc) is 2.33. The molecule has 0 saturated carbocycles. The van der Waals surface area contributed by atoms with Crippen LogP contribution in [-0.2, 0) is 9.53 Å². The number of nitrogens with zero attached hydrogens (tertiary/aromatic N) is 1. The molecule has 0 aromatic rings. The first-order valence-electron chi connectivity index (χ1n) is 7.11. The Kier molecular flexibility index (Phi) is 11.5. The summed E-state index contributed by atoms with van der Waals surface area (Å²) in [5, 5.41) is 0. The molecule has 0 fully saturated rings. The molecule has 1 amide bonds. The monoisotopic (exact) mass is 243 g/mol. The van der Waals surface area contributed by atoms with Gasteiger partial charge in [-0.1, -0.05) is 33.6 Å². The first-order chi connectivity index (χ1) is 8.26. The Morgan fingerprint density at radius 3 is 2.12 bits per heavy atom. The summed E-state index contributed by atoms with van der Waals surface area (Å²) in [6.45, 7) is 9.52. The van der Waals surface area contributed by atoms with Gasteiger partial charge < -0.3 is 9.64 Å². The number of hydrogen-bond acceptors (Lipinski definition) is 2. The molecule has 17 heavy (non-hydrogen) atoms. The van der Waals surface area contributed by atoms with E-state index in [-0.39, 0.29) is 5.91 Å². The molecule has 0 spiro atoms. The summed E-state index contributed by atoms with van der Waals surface area (Å²) < 4.78 is 5.47. The van der Waals surface area contributed by atoms with Crippen LogP contribution in [0.4, 0.5) is 0 Å². The van der Waals surface area contributed by atoms with Crippen molar-refractivity contribution in [3.63, 3.8) is 0 Å². The topological polar surface area (TPSA) is 29.5 Å². The SMILES string of the molecule is CCCCCOCCC(=O)N(CCC)CCC. The molecule has 0 aliphatic carbocycles. The Bertz CT molecular complexity index is 177. The van der Waals surface area contributed by atoms with Gasteiger partial charge in [0, 0.05) is 19.7 Å². The van der Waals surface area contributed by atoms with Crippen molar-refractivity contribution < 1.29 is 9.53 Å². The highest BCUT2D eigenvalue weighted by Crippen LogP contribution is 2.00. The third-order valence-electron chi connectivity index (χ3n) is 2.69. The summed E-state index contributed by atoms with van der Waals surface area (Å²) >= 11 is 0. The van der Waals surface area contributed by atoms with Gasteiger partial charge in [-0.15, -0.1) is 0 Å². The molecule has 0 bridgehead atoms. The minimum absolute atomic E-state index is 0.240. The molecule has 0 aliphatic heterocycles. The van der Waals surface area contributed by atoms with Crippen molar-refractivity contribution in [2.45, 2.75) is 59.3 Å². The van der Waals surface area contributed by atoms with Gasteiger partial charge in [0.1, 0.15) is 0 Å². The summed E-state index contributed by atoms with van der Waals surface area (Å²) in [6.07, 6.45) is 6.13. The van der Waals surface area contributed by atoms with Gasteiger partial charge in [0.15, 0.2) is 0 Å². The molecule has 0 saturated heterocycles. The van der Waals surface area contributed by atoms with Crippen LogP contribution in [0.5, 0.6) is 0 Å². The fraction of sp³-hybridized carbons (Fsp3) is 0.929. The molecule has 0 atom stereocenters. The number of rotatable bonds is 11. The average molecular weight is 243 g/mol. The lowest BCUT2D eigenvalue weighted by Gasteiger charge is -2.21. The van der Waals surface area contributed by atoms with Gasteiger partial charge in [-0.25, -0.2) is 0 Å². The standard InChI is InChI=1S/C14H29NO2/c1-4-7-8-12-17-13-9-14(16)15(10-5-2)11-6-3/h4-13H2,1-3H3. The van der Waals surface area contributed by atoms with Crippen LogP contribution < -0.4 is 0 Å². The van der Waals surface area contributed by atoms with Crippen LogP contribution in [0.15, 0.2) is 0 Å². The minimum Gasteiger partial charge on any atom is -0.381 e. The lowest BCUT2D eigenvalue weighted by molar-refractivity contribution is -0.132. The molecule has 0 unspecified atom stereocenters. The highest BCUT2D eigenvalue weighted by atomic mass is 16.5. The predicted molar refractivity (Wildman–Crippen MR) is 72.1 cm³/mol. The van der Waals surface area contributed by atoms with Gasteiger partial charge in [0.2, 0.25) is 5.91 Å². The zero-order chi connectivity index (χ0) is 12.9. The molecule has 0 aromatic heterocycles. The largest absolute Gasteiger partial charge is 0.381 e. The lowest BCUT2D eigenvalue weighted by atomic mass is 10.3. The highest BCUT2D eigenvalue weighted by molar-refractivity contribution is 5.76. The van der Waals surface area contributed by atoms with E-state index in [1.165, 1.54) is 12.8 Å². The van der Waals surface area contributed by atoms with Crippen LogP contribution in [0.25, 0.3) is 0 Å². The Morgan fingerprint density at radius 2 is 1.59 bits per heavy atom. The first-order valence-corrected chi connectivity index (χ1v) is 7.11. The maximum absolute atomic E-state index is 11.9. The number of hydrogen-bond donors (Lipinski definition) is 0. The summed E-state index contributed by atoms with van der Waals surface area (Å²) in [5.41, 5.74) is 0. The van der Waals surface area contributed by atoms with E-state index < -0.39 is 0 Å². The molecular formula is C14H29NO2. The smallest absolute Gasteiger partial charge is 0.224 e. The van der Waals surface area contributed by atoms with Gasteiger partial charge >= 0.3 is 0 Å². The second-order valence-electron chi connectivity index (χ2n) is 4.45. The third kappa shape index (κ3) is 9.16. The van der Waals surface area contributed by atoms with Crippen molar-refractivity contribution in [3.8, 4) is 0 Å². The van der Waals surface area contributed by atoms with Crippen LogP contribution in [0.2, 0.25) is 0 Å². The maximum atomic E-state index is 11.9. The Labute approximate surface area is 107 Å². The van der Waals surface area contributed by atoms with Gasteiger partial charge in [-0.2, -0.15) is 0 Å². The van der Waals surface area contributed by atoms with Crippen LogP contribution >= 0.6 is 0 Å². The summed E-state index contributed by atoms with van der Waals surface area (Å²) in [6, 6.07) is 0. The zero-order valence-electron chi connectivity index (χ0n) is 11.8. The lowest BCUT2D eigenvalue weighted by Crippen LogP contribution is -2.33. The van der Waals surface area contributed by atoms with E-state index in [9.17, 15) is 4.79 Å². The fourth-order valence-electron chi connectivity index (χ4n) is 1.77. The minimum atomic E-state index is 0.240. The van der Waals surface area contributed by atoms with Crippen LogP contribution in [0.3, 0.4) is 0 Å². The molecule has 0 N–H and O–H groups in total. The molecule has 0 radical (unpaired) electrons. The molecule has 0 aromatic carbocycles. The second kappa shape index (κ2) is 11.9. The third-order valence-corrected chi connectivity index (χ3v) is 2.69. The van der Waals surface area contributed by atoms with Gasteiger partial charge in [-0.3, -0.25) is 4.79 Å². The van der Waals surface area contributed by atoms with Gasteiger partial charge in [-0.05, 0) is 19.3 Å². The number of unbranched alkanes of at least 4 members (excludes halogenated alkanes) is 2. The van der Waals surface area contributed by atoms with Gasteiger partial charge in [0.25, 0.3) is 0 Å². The fourth-order valence-corrected chi connectivity index (χ4v) is 1.77. The van der Waals surface area contributed by atoms with Gasteiger partial charge in [0.05, 0.1) is 13.0 Å². The van der Waals surface area contributed by atoms with Crippen molar-refractivity contribution in [2.75, 3.05) is 26.3 Å². The van der Waals surface area contributed by atoms with E-state index in [4.69, 9.17) is 4.74 Å². The summed E-state index contributed by atoms with van der Waals surface area (Å²) in [5.74, 6) is 0.240. The summed E-state index contributed by atoms with van der Waals surface area (Å²) in [4.78, 5) is 13.8. The zero-order valence-corrected chi connectivity index (χ0v) is 11.8. The second-order valence-corrected chi connectivity index (χ2v) is 4.45. The van der Waals surface area contributed by atoms with E-state index in [2.05, 4.69) is 20.8 Å². The van der Waals surface area contributed by atoms with Crippen molar-refractivity contribution in [1.82, 2.24) is 4.90 Å². The molecular weight excluding hydrogens is 214 g/mol. The molecule has 0 aliphatic rings. The number of ether oxygens (including phenoxy) is 1. The quantitative estimate of drug-likeness (QED) is 0.521. The number of carbonyl (C=O) groups excluding carboxylic acids is 1.